The smallest absolute Gasteiger partial charge is 0.337 e. The summed E-state index contributed by atoms with van der Waals surface area (Å²) in [5.74, 6) is -2.63. The van der Waals surface area contributed by atoms with Crippen molar-refractivity contribution < 1.29 is 18.7 Å². The van der Waals surface area contributed by atoms with Crippen LogP contribution in [0.4, 0.5) is 20.2 Å². The molecular weight excluding hydrogens is 312 g/mol. The number of anilines is 2. The third-order valence-corrected chi connectivity index (χ3v) is 3.56. The van der Waals surface area contributed by atoms with E-state index in [1.165, 1.54) is 12.1 Å². The van der Waals surface area contributed by atoms with Crippen molar-refractivity contribution in [2.45, 2.75) is 0 Å². The third-order valence-electron chi connectivity index (χ3n) is 3.56. The number of carboxylic acids is 1. The predicted molar refractivity (Wildman–Crippen MR) is 88.5 cm³/mol. The van der Waals surface area contributed by atoms with Crippen LogP contribution in [0.25, 0.3) is 11.1 Å². The minimum Gasteiger partial charge on any atom is -0.478 e. The van der Waals surface area contributed by atoms with Crippen LogP contribution in [0.2, 0.25) is 0 Å². The Morgan fingerprint density at radius 3 is 2.25 bits per heavy atom. The molecule has 3 nitrogen and oxygen atoms in total. The molecule has 0 radical (unpaired) electrons. The van der Waals surface area contributed by atoms with Crippen molar-refractivity contribution in [3.8, 4) is 11.1 Å². The zero-order valence-electron chi connectivity index (χ0n) is 12.5. The number of halogens is 2. The van der Waals surface area contributed by atoms with Crippen LogP contribution in [-0.4, -0.2) is 11.1 Å². The first kappa shape index (κ1) is 15.7. The van der Waals surface area contributed by atoms with Gasteiger partial charge in [-0.3, -0.25) is 0 Å². The Bertz CT molecular complexity index is 895. The lowest BCUT2D eigenvalue weighted by atomic mass is 10.0. The van der Waals surface area contributed by atoms with Gasteiger partial charge in [0.25, 0.3) is 0 Å². The molecule has 0 aliphatic rings. The van der Waals surface area contributed by atoms with Gasteiger partial charge in [0.15, 0.2) is 0 Å². The van der Waals surface area contributed by atoms with Gasteiger partial charge in [-0.15, -0.1) is 0 Å². The Balaban J connectivity index is 2.05. The normalized spacial score (nSPS) is 10.4. The molecule has 2 N–H and O–H groups in total. The lowest BCUT2D eigenvalue weighted by Crippen LogP contribution is -2.04. The Morgan fingerprint density at radius 2 is 1.58 bits per heavy atom. The summed E-state index contributed by atoms with van der Waals surface area (Å²) in [4.78, 5) is 11.4. The highest BCUT2D eigenvalue weighted by Gasteiger charge is 2.13. The molecule has 0 aliphatic heterocycles. The maximum Gasteiger partial charge on any atom is 0.337 e. The Labute approximate surface area is 137 Å². The van der Waals surface area contributed by atoms with E-state index in [0.717, 1.165) is 23.3 Å². The van der Waals surface area contributed by atoms with Gasteiger partial charge in [0.1, 0.15) is 11.6 Å². The van der Waals surface area contributed by atoms with E-state index in [1.807, 2.05) is 30.3 Å². The lowest BCUT2D eigenvalue weighted by molar-refractivity contribution is 0.0698. The number of carboxylic acid groups (broad SMARTS) is 1. The molecule has 0 saturated heterocycles. The largest absolute Gasteiger partial charge is 0.478 e. The van der Waals surface area contributed by atoms with Crippen LogP contribution in [-0.2, 0) is 0 Å². The molecule has 5 heteroatoms. The maximum absolute atomic E-state index is 13.8. The molecule has 0 spiro atoms. The van der Waals surface area contributed by atoms with Gasteiger partial charge in [-0.05, 0) is 35.4 Å². The van der Waals surface area contributed by atoms with Gasteiger partial charge < -0.3 is 10.4 Å². The van der Waals surface area contributed by atoms with E-state index in [-0.39, 0.29) is 16.9 Å². The van der Waals surface area contributed by atoms with E-state index in [1.54, 1.807) is 12.1 Å². The quantitative estimate of drug-likeness (QED) is 0.704. The number of nitrogens with one attached hydrogen (secondary N) is 1. The van der Waals surface area contributed by atoms with Gasteiger partial charge in [-0.1, -0.05) is 36.4 Å². The summed E-state index contributed by atoms with van der Waals surface area (Å²) in [7, 11) is 0. The van der Waals surface area contributed by atoms with E-state index in [2.05, 4.69) is 5.32 Å². The molecule has 0 unspecified atom stereocenters. The molecule has 3 rings (SSSR count). The molecular formula is C19H13F2NO2. The highest BCUT2D eigenvalue weighted by atomic mass is 19.1. The number of rotatable bonds is 4. The summed E-state index contributed by atoms with van der Waals surface area (Å²) < 4.78 is 26.9. The van der Waals surface area contributed by atoms with Gasteiger partial charge in [-0.2, -0.15) is 0 Å². The van der Waals surface area contributed by atoms with E-state index in [9.17, 15) is 18.7 Å². The van der Waals surface area contributed by atoms with Gasteiger partial charge in [-0.25, -0.2) is 13.6 Å². The van der Waals surface area contributed by atoms with E-state index in [0.29, 0.717) is 0 Å². The summed E-state index contributed by atoms with van der Waals surface area (Å²) in [6, 6.07) is 17.2. The van der Waals surface area contributed by atoms with Crippen molar-refractivity contribution in [2.75, 3.05) is 5.32 Å². The SMILES string of the molecule is O=C(O)c1ccc(-c2ccccc2)cc1Nc1ccc(F)cc1F. The minimum absolute atomic E-state index is 0.00148. The van der Waals surface area contributed by atoms with Crippen molar-refractivity contribution in [1.82, 2.24) is 0 Å². The standard InChI is InChI=1S/C19H13F2NO2/c20-14-7-9-17(16(21)11-14)22-18-10-13(6-8-15(18)19(23)24)12-4-2-1-3-5-12/h1-11,22H,(H,23,24). The van der Waals surface area contributed by atoms with Crippen molar-refractivity contribution >= 4 is 17.3 Å². The first-order valence-electron chi connectivity index (χ1n) is 7.19. The van der Waals surface area contributed by atoms with Gasteiger partial charge in [0.2, 0.25) is 0 Å². The van der Waals surface area contributed by atoms with Crippen LogP contribution in [0.15, 0.2) is 66.7 Å². The fourth-order valence-corrected chi connectivity index (χ4v) is 2.38. The second-order valence-electron chi connectivity index (χ2n) is 5.18. The molecule has 3 aromatic carbocycles. The highest BCUT2D eigenvalue weighted by molar-refractivity contribution is 5.96. The molecule has 24 heavy (non-hydrogen) atoms. The molecule has 3 aromatic rings. The molecule has 0 aliphatic carbocycles. The molecule has 0 atom stereocenters. The lowest BCUT2D eigenvalue weighted by Gasteiger charge is -2.13. The third kappa shape index (κ3) is 3.25. The van der Waals surface area contributed by atoms with E-state index in [4.69, 9.17) is 0 Å². The molecule has 0 bridgehead atoms. The van der Waals surface area contributed by atoms with Crippen molar-refractivity contribution in [3.05, 3.63) is 83.9 Å². The summed E-state index contributed by atoms with van der Waals surface area (Å²) in [5, 5.41) is 12.1. The van der Waals surface area contributed by atoms with Crippen molar-refractivity contribution in [2.24, 2.45) is 0 Å². The van der Waals surface area contributed by atoms with E-state index >= 15 is 0 Å². The summed E-state index contributed by atoms with van der Waals surface area (Å²) >= 11 is 0. The maximum atomic E-state index is 13.8. The molecule has 0 amide bonds. The van der Waals surface area contributed by atoms with Crippen LogP contribution < -0.4 is 5.32 Å². The van der Waals surface area contributed by atoms with Crippen LogP contribution in [0.5, 0.6) is 0 Å². The van der Waals surface area contributed by atoms with E-state index < -0.39 is 17.6 Å². The molecule has 0 aromatic heterocycles. The van der Waals surface area contributed by atoms with Gasteiger partial charge >= 0.3 is 5.97 Å². The van der Waals surface area contributed by atoms with Crippen LogP contribution >= 0.6 is 0 Å². The Kier molecular flexibility index (Phi) is 4.24. The fourth-order valence-electron chi connectivity index (χ4n) is 2.38. The minimum atomic E-state index is -1.14. The summed E-state index contributed by atoms with van der Waals surface area (Å²) in [5.41, 5.74) is 1.92. The second-order valence-corrected chi connectivity index (χ2v) is 5.18. The number of benzene rings is 3. The van der Waals surface area contributed by atoms with Gasteiger partial charge in [0, 0.05) is 6.07 Å². The fraction of sp³-hybridized carbons (Fsp3) is 0. The van der Waals surface area contributed by atoms with Crippen LogP contribution in [0, 0.1) is 11.6 Å². The zero-order valence-corrected chi connectivity index (χ0v) is 12.5. The Hall–Kier alpha value is -3.21. The summed E-state index contributed by atoms with van der Waals surface area (Å²) in [6.45, 7) is 0. The molecule has 0 heterocycles. The van der Waals surface area contributed by atoms with Crippen molar-refractivity contribution in [1.29, 1.82) is 0 Å². The van der Waals surface area contributed by atoms with Gasteiger partial charge in [0.05, 0.1) is 16.9 Å². The average molecular weight is 325 g/mol. The highest BCUT2D eigenvalue weighted by Crippen LogP contribution is 2.29. The topological polar surface area (TPSA) is 49.3 Å². The summed E-state index contributed by atoms with van der Waals surface area (Å²) in [6.07, 6.45) is 0. The van der Waals surface area contributed by atoms with Crippen LogP contribution in [0.1, 0.15) is 10.4 Å². The molecule has 0 saturated carbocycles. The number of hydrogen-bond donors (Lipinski definition) is 2. The first-order valence-corrected chi connectivity index (χ1v) is 7.19. The number of aromatic carboxylic acids is 1. The molecule has 120 valence electrons. The number of carbonyl (C=O) groups is 1. The van der Waals surface area contributed by atoms with Crippen LogP contribution in [0.3, 0.4) is 0 Å². The number of hydrogen-bond acceptors (Lipinski definition) is 2. The first-order chi connectivity index (χ1) is 11.5. The second kappa shape index (κ2) is 6.50. The average Bonchev–Trinajstić information content (AvgIpc) is 2.58. The molecule has 0 fully saturated rings. The predicted octanol–water partition coefficient (Wildman–Crippen LogP) is 5.07. The zero-order chi connectivity index (χ0) is 17.1. The van der Waals surface area contributed by atoms with Crippen molar-refractivity contribution in [3.63, 3.8) is 0 Å². The Morgan fingerprint density at radius 1 is 0.833 bits per heavy atom. The monoisotopic (exact) mass is 325 g/mol.